The number of benzene rings is 1. The fourth-order valence-electron chi connectivity index (χ4n) is 1.70. The Balaban J connectivity index is 3.13. The third-order valence-electron chi connectivity index (χ3n) is 2.50. The first kappa shape index (κ1) is 15.6. The first-order valence-corrected chi connectivity index (χ1v) is 6.73. The lowest BCUT2D eigenvalue weighted by Crippen LogP contribution is -2.43. The molecule has 0 amide bonds. The highest BCUT2D eigenvalue weighted by Gasteiger charge is 2.27. The lowest BCUT2D eigenvalue weighted by molar-refractivity contribution is -0.138. The zero-order valence-corrected chi connectivity index (χ0v) is 11.4. The molecule has 7 heteroatoms. The highest BCUT2D eigenvalue weighted by Crippen LogP contribution is 2.23. The van der Waals surface area contributed by atoms with Crippen LogP contribution in [0.2, 0.25) is 0 Å². The van der Waals surface area contributed by atoms with Crippen molar-refractivity contribution in [1.82, 2.24) is 0 Å². The molecule has 0 aliphatic rings. The number of carboxylic acid groups (broad SMARTS) is 1. The van der Waals surface area contributed by atoms with E-state index in [0.29, 0.717) is 0 Å². The van der Waals surface area contributed by atoms with Gasteiger partial charge in [-0.1, -0.05) is 13.8 Å². The van der Waals surface area contributed by atoms with Crippen molar-refractivity contribution in [3.8, 4) is 0 Å². The average molecular weight is 288 g/mol. The van der Waals surface area contributed by atoms with E-state index in [0.717, 1.165) is 16.4 Å². The molecule has 1 aromatic carbocycles. The minimum atomic E-state index is -2.75. The molecular formula is C12H15FNO4S-. The van der Waals surface area contributed by atoms with Crippen molar-refractivity contribution in [2.24, 2.45) is 5.92 Å². The van der Waals surface area contributed by atoms with E-state index in [9.17, 15) is 17.9 Å². The topological polar surface area (TPSA) is 80.7 Å². The van der Waals surface area contributed by atoms with Crippen LogP contribution in [-0.2, 0) is 16.1 Å². The summed E-state index contributed by atoms with van der Waals surface area (Å²) in [5, 5.41) is 9.17. The molecule has 0 saturated carbocycles. The van der Waals surface area contributed by atoms with Gasteiger partial charge in [0, 0.05) is 17.0 Å². The normalized spacial score (nSPS) is 14.2. The number of rotatable bonds is 6. The molecule has 0 saturated heterocycles. The zero-order valence-electron chi connectivity index (χ0n) is 10.6. The Morgan fingerprint density at radius 1 is 1.42 bits per heavy atom. The monoisotopic (exact) mass is 288 g/mol. The largest absolute Gasteiger partial charge is 0.755 e. The lowest BCUT2D eigenvalue weighted by Gasteiger charge is -2.32. The van der Waals surface area contributed by atoms with Gasteiger partial charge in [-0.05, 0) is 36.6 Å². The van der Waals surface area contributed by atoms with Gasteiger partial charge in [-0.3, -0.25) is 8.51 Å². The number of anilines is 1. The van der Waals surface area contributed by atoms with Gasteiger partial charge in [-0.2, -0.15) is 0 Å². The summed E-state index contributed by atoms with van der Waals surface area (Å²) in [6.45, 7) is 3.60. The van der Waals surface area contributed by atoms with Crippen molar-refractivity contribution in [2.45, 2.75) is 26.3 Å². The Hall–Kier alpha value is -1.47. The summed E-state index contributed by atoms with van der Waals surface area (Å²) in [6.07, 6.45) is 0.167. The molecule has 0 aromatic heterocycles. The van der Waals surface area contributed by atoms with Crippen LogP contribution in [0, 0.1) is 11.7 Å². The van der Waals surface area contributed by atoms with Gasteiger partial charge in [0.05, 0.1) is 0 Å². The summed E-state index contributed by atoms with van der Waals surface area (Å²) in [5.41, 5.74) is 0.128. The maximum absolute atomic E-state index is 12.8. The minimum Gasteiger partial charge on any atom is -0.755 e. The molecule has 0 aliphatic heterocycles. The van der Waals surface area contributed by atoms with Crippen molar-refractivity contribution in [1.29, 1.82) is 0 Å². The number of hydrogen-bond donors (Lipinski definition) is 1. The molecule has 19 heavy (non-hydrogen) atoms. The summed E-state index contributed by atoms with van der Waals surface area (Å²) < 4.78 is 36.1. The number of halogens is 1. The Bertz CT molecular complexity index is 463. The van der Waals surface area contributed by atoms with Gasteiger partial charge >= 0.3 is 5.97 Å². The molecule has 5 nitrogen and oxygen atoms in total. The maximum Gasteiger partial charge on any atom is 0.327 e. The zero-order chi connectivity index (χ0) is 14.6. The van der Waals surface area contributed by atoms with Crippen LogP contribution in [0.15, 0.2) is 24.3 Å². The van der Waals surface area contributed by atoms with Gasteiger partial charge in [0.25, 0.3) is 0 Å². The SMILES string of the molecule is CC(C)CC(C(=O)O)N(c1ccc(F)cc1)S(=O)[O-]. The lowest BCUT2D eigenvalue weighted by atomic mass is 10.0. The molecule has 1 rings (SSSR count). The van der Waals surface area contributed by atoms with E-state index in [1.165, 1.54) is 12.1 Å². The van der Waals surface area contributed by atoms with E-state index >= 15 is 0 Å². The second-order valence-corrected chi connectivity index (χ2v) is 5.33. The molecule has 0 fully saturated rings. The van der Waals surface area contributed by atoms with Gasteiger partial charge in [-0.25, -0.2) is 9.18 Å². The van der Waals surface area contributed by atoms with Crippen LogP contribution in [0.4, 0.5) is 10.1 Å². The molecule has 0 aliphatic carbocycles. The molecule has 0 heterocycles. The predicted molar refractivity (Wildman–Crippen MR) is 68.7 cm³/mol. The van der Waals surface area contributed by atoms with Crippen LogP contribution >= 0.6 is 0 Å². The number of aliphatic carboxylic acids is 1. The standard InChI is InChI=1S/C12H16FNO4S/c1-8(2)7-11(12(15)16)14(19(17)18)10-5-3-9(13)4-6-10/h3-6,8,11H,7H2,1-2H3,(H,15,16)(H,17,18)/p-1. The fraction of sp³-hybridized carbons (Fsp3) is 0.417. The summed E-state index contributed by atoms with van der Waals surface area (Å²) in [6, 6.07) is 3.44. The van der Waals surface area contributed by atoms with E-state index in [1.807, 2.05) is 0 Å². The molecule has 0 radical (unpaired) electrons. The third kappa shape index (κ3) is 4.29. The quantitative estimate of drug-likeness (QED) is 0.811. The number of carboxylic acids is 1. The van der Waals surface area contributed by atoms with Crippen LogP contribution in [0.5, 0.6) is 0 Å². The van der Waals surface area contributed by atoms with Gasteiger partial charge in [0.1, 0.15) is 11.9 Å². The van der Waals surface area contributed by atoms with Crippen molar-refractivity contribution >= 4 is 22.9 Å². The van der Waals surface area contributed by atoms with Gasteiger partial charge in [0.2, 0.25) is 0 Å². The number of nitrogens with zero attached hydrogens (tertiary/aromatic N) is 1. The van der Waals surface area contributed by atoms with Crippen LogP contribution in [0.3, 0.4) is 0 Å². The Morgan fingerprint density at radius 2 is 1.95 bits per heavy atom. The van der Waals surface area contributed by atoms with Crippen molar-refractivity contribution in [2.75, 3.05) is 4.31 Å². The molecule has 1 N–H and O–H groups in total. The van der Waals surface area contributed by atoms with Crippen LogP contribution in [0.25, 0.3) is 0 Å². The van der Waals surface area contributed by atoms with Crippen molar-refractivity contribution in [3.05, 3.63) is 30.1 Å². The van der Waals surface area contributed by atoms with Crippen LogP contribution < -0.4 is 4.31 Å². The molecule has 106 valence electrons. The van der Waals surface area contributed by atoms with Crippen molar-refractivity contribution < 1.29 is 23.1 Å². The summed E-state index contributed by atoms with van der Waals surface area (Å²) in [5.74, 6) is -1.74. The minimum absolute atomic E-state index is 0.00704. The number of hydrogen-bond acceptors (Lipinski definition) is 3. The summed E-state index contributed by atoms with van der Waals surface area (Å²) in [4.78, 5) is 11.2. The van der Waals surface area contributed by atoms with Crippen LogP contribution in [-0.4, -0.2) is 25.9 Å². The smallest absolute Gasteiger partial charge is 0.327 e. The molecular weight excluding hydrogens is 273 g/mol. The predicted octanol–water partition coefficient (Wildman–Crippen LogP) is 1.93. The molecule has 2 atom stereocenters. The van der Waals surface area contributed by atoms with E-state index < -0.39 is 29.1 Å². The second-order valence-electron chi connectivity index (χ2n) is 4.50. The van der Waals surface area contributed by atoms with Gasteiger partial charge < -0.3 is 9.66 Å². The molecule has 2 unspecified atom stereocenters. The highest BCUT2D eigenvalue weighted by molar-refractivity contribution is 7.80. The van der Waals surface area contributed by atoms with Gasteiger partial charge in [-0.15, -0.1) is 0 Å². The van der Waals surface area contributed by atoms with E-state index in [4.69, 9.17) is 5.11 Å². The third-order valence-corrected chi connectivity index (χ3v) is 3.29. The maximum atomic E-state index is 12.8. The molecule has 0 spiro atoms. The number of carbonyl (C=O) groups is 1. The van der Waals surface area contributed by atoms with Crippen molar-refractivity contribution in [3.63, 3.8) is 0 Å². The average Bonchev–Trinajstić information content (AvgIpc) is 2.29. The van der Waals surface area contributed by atoms with E-state index in [1.54, 1.807) is 13.8 Å². The highest BCUT2D eigenvalue weighted by atomic mass is 32.2. The summed E-state index contributed by atoms with van der Waals surface area (Å²) >= 11 is -2.75. The fourth-order valence-corrected chi connectivity index (χ4v) is 2.38. The van der Waals surface area contributed by atoms with E-state index in [-0.39, 0.29) is 18.0 Å². The molecule has 1 aromatic rings. The van der Waals surface area contributed by atoms with E-state index in [2.05, 4.69) is 0 Å². The second kappa shape index (κ2) is 6.63. The Morgan fingerprint density at radius 3 is 2.32 bits per heavy atom. The summed E-state index contributed by atoms with van der Waals surface area (Å²) in [7, 11) is 0. The first-order valence-electron chi connectivity index (χ1n) is 5.70. The Kier molecular flexibility index (Phi) is 5.44. The first-order chi connectivity index (χ1) is 8.82. The van der Waals surface area contributed by atoms with Crippen LogP contribution in [0.1, 0.15) is 20.3 Å². The Labute approximate surface area is 113 Å². The van der Waals surface area contributed by atoms with Gasteiger partial charge in [0.15, 0.2) is 0 Å². The molecule has 0 bridgehead atoms.